The quantitative estimate of drug-likeness (QED) is 0.545. The minimum atomic E-state index is 0.786. The van der Waals surface area contributed by atoms with Gasteiger partial charge in [0.15, 0.2) is 0 Å². The molecule has 0 aliphatic heterocycles. The lowest BCUT2D eigenvalue weighted by atomic mass is 10.1. The Labute approximate surface area is 132 Å². The first-order chi connectivity index (χ1) is 10.9. The molecule has 3 aromatic carbocycles. The van der Waals surface area contributed by atoms with E-state index in [2.05, 4.69) is 84.3 Å². The summed E-state index contributed by atoms with van der Waals surface area (Å²) in [5.74, 6) is 0. The maximum atomic E-state index is 3.87. The average molecular weight is 285 g/mol. The van der Waals surface area contributed by atoms with Gasteiger partial charge in [-0.15, -0.1) is 6.58 Å². The first kappa shape index (κ1) is 14.2. The first-order valence-electron chi connectivity index (χ1n) is 7.47. The van der Waals surface area contributed by atoms with Crippen LogP contribution in [0.15, 0.2) is 97.6 Å². The van der Waals surface area contributed by atoms with Crippen LogP contribution in [0.3, 0.4) is 0 Å². The molecule has 0 saturated carbocycles. The molecule has 22 heavy (non-hydrogen) atoms. The van der Waals surface area contributed by atoms with Gasteiger partial charge in [-0.1, -0.05) is 66.7 Å². The van der Waals surface area contributed by atoms with E-state index in [1.54, 1.807) is 0 Å². The molecule has 0 unspecified atom stereocenters. The number of rotatable bonds is 5. The SMILES string of the molecule is C=CCN(c1ccccc1)c1ccc(-c2ccccc2)cc1. The zero-order valence-corrected chi connectivity index (χ0v) is 12.5. The summed E-state index contributed by atoms with van der Waals surface area (Å²) in [5, 5.41) is 0. The van der Waals surface area contributed by atoms with E-state index in [0.29, 0.717) is 0 Å². The summed E-state index contributed by atoms with van der Waals surface area (Å²) in [6.07, 6.45) is 1.93. The number of hydrogen-bond donors (Lipinski definition) is 0. The molecule has 3 rings (SSSR count). The van der Waals surface area contributed by atoms with Crippen LogP contribution in [-0.4, -0.2) is 6.54 Å². The van der Waals surface area contributed by atoms with Crippen molar-refractivity contribution in [2.45, 2.75) is 0 Å². The second kappa shape index (κ2) is 6.77. The van der Waals surface area contributed by atoms with Crippen LogP contribution in [0.1, 0.15) is 0 Å². The van der Waals surface area contributed by atoms with Gasteiger partial charge >= 0.3 is 0 Å². The molecule has 0 amide bonds. The summed E-state index contributed by atoms with van der Waals surface area (Å²) in [6, 6.07) is 29.5. The van der Waals surface area contributed by atoms with Gasteiger partial charge in [-0.05, 0) is 35.4 Å². The van der Waals surface area contributed by atoms with Crippen LogP contribution in [0, 0.1) is 0 Å². The minimum Gasteiger partial charge on any atom is -0.338 e. The van der Waals surface area contributed by atoms with Crippen LogP contribution in [0.2, 0.25) is 0 Å². The van der Waals surface area contributed by atoms with Crippen molar-refractivity contribution in [2.24, 2.45) is 0 Å². The van der Waals surface area contributed by atoms with Gasteiger partial charge in [-0.3, -0.25) is 0 Å². The molecular weight excluding hydrogens is 266 g/mol. The molecular formula is C21H19N. The topological polar surface area (TPSA) is 3.24 Å². The maximum absolute atomic E-state index is 3.87. The van der Waals surface area contributed by atoms with E-state index in [1.165, 1.54) is 22.5 Å². The Bertz CT molecular complexity index is 715. The fraction of sp³-hybridized carbons (Fsp3) is 0.0476. The van der Waals surface area contributed by atoms with Crippen molar-refractivity contribution < 1.29 is 0 Å². The van der Waals surface area contributed by atoms with E-state index in [1.807, 2.05) is 18.2 Å². The van der Waals surface area contributed by atoms with Crippen molar-refractivity contribution >= 4 is 11.4 Å². The molecule has 0 heterocycles. The summed E-state index contributed by atoms with van der Waals surface area (Å²) in [4.78, 5) is 2.25. The number of anilines is 2. The van der Waals surface area contributed by atoms with Gasteiger partial charge < -0.3 is 4.90 Å². The molecule has 1 heteroatoms. The summed E-state index contributed by atoms with van der Waals surface area (Å²) in [6.45, 7) is 4.66. The van der Waals surface area contributed by atoms with Crippen molar-refractivity contribution in [3.63, 3.8) is 0 Å². The lowest BCUT2D eigenvalue weighted by Crippen LogP contribution is -2.16. The first-order valence-corrected chi connectivity index (χ1v) is 7.47. The Balaban J connectivity index is 1.91. The Hall–Kier alpha value is -2.80. The highest BCUT2D eigenvalue weighted by Crippen LogP contribution is 2.28. The molecule has 0 aliphatic carbocycles. The van der Waals surface area contributed by atoms with Crippen LogP contribution in [0.5, 0.6) is 0 Å². The lowest BCUT2D eigenvalue weighted by Gasteiger charge is -2.23. The second-order valence-corrected chi connectivity index (χ2v) is 5.15. The number of benzene rings is 3. The number of para-hydroxylation sites is 1. The van der Waals surface area contributed by atoms with Gasteiger partial charge in [0.05, 0.1) is 0 Å². The van der Waals surface area contributed by atoms with Crippen LogP contribution in [0.4, 0.5) is 11.4 Å². The van der Waals surface area contributed by atoms with E-state index < -0.39 is 0 Å². The predicted octanol–water partition coefficient (Wildman–Crippen LogP) is 5.68. The summed E-state index contributed by atoms with van der Waals surface area (Å²) >= 11 is 0. The zero-order chi connectivity index (χ0) is 15.2. The van der Waals surface area contributed by atoms with Gasteiger partial charge in [0.25, 0.3) is 0 Å². The molecule has 0 radical (unpaired) electrons. The van der Waals surface area contributed by atoms with Crippen molar-refractivity contribution in [1.82, 2.24) is 0 Å². The standard InChI is InChI=1S/C21H19N/c1-2-17-22(20-11-7-4-8-12-20)21-15-13-19(14-16-21)18-9-5-3-6-10-18/h2-16H,1,17H2. The molecule has 108 valence electrons. The Morgan fingerprint density at radius 1 is 0.636 bits per heavy atom. The smallest absolute Gasteiger partial charge is 0.0414 e. The van der Waals surface area contributed by atoms with E-state index in [9.17, 15) is 0 Å². The third kappa shape index (κ3) is 3.09. The molecule has 0 N–H and O–H groups in total. The van der Waals surface area contributed by atoms with Crippen molar-refractivity contribution in [2.75, 3.05) is 11.4 Å². The normalized spacial score (nSPS) is 10.2. The summed E-state index contributed by atoms with van der Waals surface area (Å²) in [7, 11) is 0. The average Bonchev–Trinajstić information content (AvgIpc) is 2.61. The highest BCUT2D eigenvalue weighted by molar-refractivity contribution is 5.69. The summed E-state index contributed by atoms with van der Waals surface area (Å²) < 4.78 is 0. The largest absolute Gasteiger partial charge is 0.338 e. The second-order valence-electron chi connectivity index (χ2n) is 5.15. The molecule has 1 nitrogen and oxygen atoms in total. The lowest BCUT2D eigenvalue weighted by molar-refractivity contribution is 1.10. The fourth-order valence-corrected chi connectivity index (χ4v) is 2.56. The number of hydrogen-bond acceptors (Lipinski definition) is 1. The zero-order valence-electron chi connectivity index (χ0n) is 12.5. The monoisotopic (exact) mass is 285 g/mol. The van der Waals surface area contributed by atoms with Gasteiger partial charge in [0.1, 0.15) is 0 Å². The van der Waals surface area contributed by atoms with Gasteiger partial charge in [0.2, 0.25) is 0 Å². The third-order valence-electron chi connectivity index (χ3n) is 3.67. The Morgan fingerprint density at radius 2 is 1.14 bits per heavy atom. The van der Waals surface area contributed by atoms with E-state index in [4.69, 9.17) is 0 Å². The highest BCUT2D eigenvalue weighted by Gasteiger charge is 2.07. The minimum absolute atomic E-state index is 0.786. The summed E-state index contributed by atoms with van der Waals surface area (Å²) in [5.41, 5.74) is 4.82. The molecule has 0 fully saturated rings. The molecule has 0 aliphatic rings. The Kier molecular flexibility index (Phi) is 4.35. The van der Waals surface area contributed by atoms with E-state index in [-0.39, 0.29) is 0 Å². The third-order valence-corrected chi connectivity index (χ3v) is 3.67. The van der Waals surface area contributed by atoms with Crippen LogP contribution in [0.25, 0.3) is 11.1 Å². The van der Waals surface area contributed by atoms with Crippen LogP contribution < -0.4 is 4.90 Å². The molecule has 0 saturated heterocycles. The van der Waals surface area contributed by atoms with Gasteiger partial charge in [0, 0.05) is 17.9 Å². The molecule has 0 atom stereocenters. The highest BCUT2D eigenvalue weighted by atomic mass is 15.1. The maximum Gasteiger partial charge on any atom is 0.0414 e. The molecule has 0 bridgehead atoms. The molecule has 3 aromatic rings. The number of nitrogens with zero attached hydrogens (tertiary/aromatic N) is 1. The van der Waals surface area contributed by atoms with Crippen molar-refractivity contribution in [3.8, 4) is 11.1 Å². The fourth-order valence-electron chi connectivity index (χ4n) is 2.56. The van der Waals surface area contributed by atoms with Crippen LogP contribution >= 0.6 is 0 Å². The van der Waals surface area contributed by atoms with E-state index >= 15 is 0 Å². The predicted molar refractivity (Wildman–Crippen MR) is 95.5 cm³/mol. The van der Waals surface area contributed by atoms with Crippen molar-refractivity contribution in [3.05, 3.63) is 97.6 Å². The Morgan fingerprint density at radius 3 is 1.73 bits per heavy atom. The molecule has 0 spiro atoms. The van der Waals surface area contributed by atoms with Crippen molar-refractivity contribution in [1.29, 1.82) is 0 Å². The van der Waals surface area contributed by atoms with Gasteiger partial charge in [-0.2, -0.15) is 0 Å². The molecule has 0 aromatic heterocycles. The van der Waals surface area contributed by atoms with E-state index in [0.717, 1.165) is 6.54 Å². The van der Waals surface area contributed by atoms with Gasteiger partial charge in [-0.25, -0.2) is 0 Å². The van der Waals surface area contributed by atoms with Crippen LogP contribution in [-0.2, 0) is 0 Å².